The van der Waals surface area contributed by atoms with Gasteiger partial charge in [-0.3, -0.25) is 0 Å². The number of carbonyl (C=O) groups excluding carboxylic acids is 2. The quantitative estimate of drug-likeness (QED) is 0.382. The molecule has 0 aliphatic carbocycles. The molecule has 5 N–H and O–H groups in total. The number of nitrogens with two attached hydrogens (primary N) is 1. The second-order valence-corrected chi connectivity index (χ2v) is 10.4. The second-order valence-electron chi connectivity index (χ2n) is 10.4. The number of anilines is 1. The zero-order chi connectivity index (χ0) is 27.2. The number of rotatable bonds is 6. The Balaban J connectivity index is 1.48. The normalized spacial score (nSPS) is 24.2. The summed E-state index contributed by atoms with van der Waals surface area (Å²) in [5.74, 6) is -0.252. The van der Waals surface area contributed by atoms with Gasteiger partial charge in [-0.05, 0) is 26.7 Å². The van der Waals surface area contributed by atoms with E-state index in [9.17, 15) is 19.8 Å². The Morgan fingerprint density at radius 3 is 2.59 bits per heavy atom. The molecule has 2 aromatic rings. The number of esters is 1. The van der Waals surface area contributed by atoms with Crippen molar-refractivity contribution in [2.45, 2.75) is 70.8 Å². The molecule has 37 heavy (non-hydrogen) atoms. The largest absolute Gasteiger partial charge is 0.461 e. The number of nitrogens with one attached hydrogen (secondary N) is 1. The van der Waals surface area contributed by atoms with Crippen LogP contribution in [0.5, 0.6) is 0 Å². The van der Waals surface area contributed by atoms with E-state index in [1.54, 1.807) is 52.4 Å². The monoisotopic (exact) mass is 519 g/mol. The Kier molecular flexibility index (Phi) is 7.01. The Morgan fingerprint density at radius 2 is 1.95 bits per heavy atom. The summed E-state index contributed by atoms with van der Waals surface area (Å²) in [5, 5.41) is 30.4. The predicted molar refractivity (Wildman–Crippen MR) is 132 cm³/mol. The SMILES string of the molecule is CC(C)C(NC(=O)OC(C)(C)C)C(=O)OC[C@H]1O[C@@H](n2cc3c4c(ncnc42)N(C)N=C3N)C(O)C1O. The van der Waals surface area contributed by atoms with E-state index in [2.05, 4.69) is 20.4 Å². The highest BCUT2D eigenvalue weighted by Gasteiger charge is 2.45. The van der Waals surface area contributed by atoms with Crippen LogP contribution in [0, 0.1) is 5.92 Å². The standard InChI is InChI=1S/C23H33N7O7/c1-10(2)14(27-22(34)37-23(3,4)5)21(33)35-8-12-15(31)16(32)20(36-12)30-7-11-13-18(25-9-26-19(13)30)29(6)28-17(11)24/h7,9-10,12,14-16,20,31-32H,8H2,1-6H3,(H2,24,28)(H,27,34)/t12-,14?,15?,16?,20-/m1/s1. The number of hydrazone groups is 1. The first-order chi connectivity index (χ1) is 17.3. The third kappa shape index (κ3) is 5.17. The van der Waals surface area contributed by atoms with Gasteiger partial charge in [-0.15, -0.1) is 0 Å². The fourth-order valence-electron chi connectivity index (χ4n) is 4.25. The smallest absolute Gasteiger partial charge is 0.408 e. The van der Waals surface area contributed by atoms with Gasteiger partial charge in [-0.2, -0.15) is 5.10 Å². The lowest BCUT2D eigenvalue weighted by atomic mass is 10.1. The van der Waals surface area contributed by atoms with E-state index in [0.29, 0.717) is 22.4 Å². The van der Waals surface area contributed by atoms with Crippen molar-refractivity contribution in [1.82, 2.24) is 19.9 Å². The molecule has 14 nitrogen and oxygen atoms in total. The van der Waals surface area contributed by atoms with E-state index in [0.717, 1.165) is 0 Å². The summed E-state index contributed by atoms with van der Waals surface area (Å²) in [7, 11) is 1.70. The number of ether oxygens (including phenoxy) is 3. The molecule has 0 spiro atoms. The van der Waals surface area contributed by atoms with Crippen LogP contribution in [0.4, 0.5) is 10.6 Å². The first-order valence-electron chi connectivity index (χ1n) is 11.9. The number of alkyl carbamates (subject to hydrolysis) is 1. The average Bonchev–Trinajstić information content (AvgIpc) is 3.32. The van der Waals surface area contributed by atoms with Crippen LogP contribution in [0.2, 0.25) is 0 Å². The predicted octanol–water partition coefficient (Wildman–Crippen LogP) is 0.213. The highest BCUT2D eigenvalue weighted by atomic mass is 16.6. The molecule has 2 aromatic heterocycles. The molecule has 14 heteroatoms. The Hall–Kier alpha value is -3.49. The molecule has 1 saturated heterocycles. The van der Waals surface area contributed by atoms with Crippen LogP contribution < -0.4 is 16.1 Å². The van der Waals surface area contributed by atoms with E-state index in [-0.39, 0.29) is 18.4 Å². The third-order valence-electron chi connectivity index (χ3n) is 6.02. The van der Waals surface area contributed by atoms with E-state index in [4.69, 9.17) is 19.9 Å². The van der Waals surface area contributed by atoms with Gasteiger partial charge in [0.05, 0.1) is 5.39 Å². The summed E-state index contributed by atoms with van der Waals surface area (Å²) in [6.45, 7) is 8.27. The summed E-state index contributed by atoms with van der Waals surface area (Å²) in [5.41, 5.74) is 6.35. The van der Waals surface area contributed by atoms with Crippen LogP contribution in [0.1, 0.15) is 46.4 Å². The number of hydrogen-bond donors (Lipinski definition) is 4. The summed E-state index contributed by atoms with van der Waals surface area (Å²) in [6.07, 6.45) is -2.58. The summed E-state index contributed by atoms with van der Waals surface area (Å²) in [6, 6.07) is -0.985. The lowest BCUT2D eigenvalue weighted by molar-refractivity contribution is -0.153. The molecule has 1 fully saturated rings. The van der Waals surface area contributed by atoms with E-state index >= 15 is 0 Å². The van der Waals surface area contributed by atoms with Gasteiger partial charge >= 0.3 is 12.1 Å². The van der Waals surface area contributed by atoms with Crippen molar-refractivity contribution >= 4 is 34.7 Å². The van der Waals surface area contributed by atoms with Crippen LogP contribution in [-0.2, 0) is 19.0 Å². The first kappa shape index (κ1) is 26.6. The van der Waals surface area contributed by atoms with Crippen LogP contribution in [0.15, 0.2) is 17.6 Å². The highest BCUT2D eigenvalue weighted by Crippen LogP contribution is 2.37. The van der Waals surface area contributed by atoms with Gasteiger partial charge in [-0.1, -0.05) is 13.8 Å². The zero-order valence-corrected chi connectivity index (χ0v) is 21.6. The van der Waals surface area contributed by atoms with Crippen molar-refractivity contribution < 1.29 is 34.0 Å². The van der Waals surface area contributed by atoms with Gasteiger partial charge in [0.25, 0.3) is 0 Å². The summed E-state index contributed by atoms with van der Waals surface area (Å²) >= 11 is 0. The van der Waals surface area contributed by atoms with Crippen LogP contribution in [0.3, 0.4) is 0 Å². The van der Waals surface area contributed by atoms with Crippen LogP contribution in [0.25, 0.3) is 11.0 Å². The minimum atomic E-state index is -1.37. The molecule has 4 heterocycles. The Labute approximate surface area is 213 Å². The van der Waals surface area contributed by atoms with E-state index in [1.165, 1.54) is 11.3 Å². The van der Waals surface area contributed by atoms with E-state index < -0.39 is 48.2 Å². The number of hydrogen-bond acceptors (Lipinski definition) is 12. The third-order valence-corrected chi connectivity index (χ3v) is 6.02. The summed E-state index contributed by atoms with van der Waals surface area (Å²) in [4.78, 5) is 33.5. The fourth-order valence-corrected chi connectivity index (χ4v) is 4.25. The number of aliphatic hydroxyl groups excluding tert-OH is 2. The highest BCUT2D eigenvalue weighted by molar-refractivity contribution is 6.13. The van der Waals surface area contributed by atoms with Crippen molar-refractivity contribution in [3.63, 3.8) is 0 Å². The van der Waals surface area contributed by atoms with Crippen LogP contribution >= 0.6 is 0 Å². The van der Waals surface area contributed by atoms with Gasteiger partial charge in [-0.25, -0.2) is 24.6 Å². The Bertz CT molecular complexity index is 1220. The van der Waals surface area contributed by atoms with Gasteiger partial charge in [0, 0.05) is 18.8 Å². The van der Waals surface area contributed by atoms with Crippen LogP contribution in [-0.4, -0.2) is 86.3 Å². The molecule has 1 amide bonds. The number of aliphatic hydroxyl groups is 2. The van der Waals surface area contributed by atoms with Gasteiger partial charge in [0.15, 0.2) is 17.9 Å². The van der Waals surface area contributed by atoms with E-state index in [1.807, 2.05) is 0 Å². The van der Waals surface area contributed by atoms with Crippen molar-refractivity contribution in [3.05, 3.63) is 18.1 Å². The molecule has 0 saturated carbocycles. The number of aromatic nitrogens is 3. The number of amidine groups is 1. The van der Waals surface area contributed by atoms with Crippen molar-refractivity contribution in [2.75, 3.05) is 18.7 Å². The molecule has 0 bridgehead atoms. The van der Waals surface area contributed by atoms with Crippen molar-refractivity contribution in [2.24, 2.45) is 16.8 Å². The fraction of sp³-hybridized carbons (Fsp3) is 0.609. The second kappa shape index (κ2) is 9.76. The lowest BCUT2D eigenvalue weighted by Gasteiger charge is -2.25. The lowest BCUT2D eigenvalue weighted by Crippen LogP contribution is -2.48. The maximum atomic E-state index is 12.8. The summed E-state index contributed by atoms with van der Waals surface area (Å²) < 4.78 is 18.1. The maximum absolute atomic E-state index is 12.8. The van der Waals surface area contributed by atoms with Gasteiger partial charge in [0.2, 0.25) is 0 Å². The number of amides is 1. The molecular weight excluding hydrogens is 486 g/mol. The Morgan fingerprint density at radius 1 is 1.24 bits per heavy atom. The molecule has 2 aliphatic heterocycles. The molecule has 0 aromatic carbocycles. The molecule has 5 atom stereocenters. The molecule has 4 rings (SSSR count). The van der Waals surface area contributed by atoms with Gasteiger partial charge < -0.3 is 40.0 Å². The topological polar surface area (TPSA) is 187 Å². The van der Waals surface area contributed by atoms with Crippen molar-refractivity contribution in [3.8, 4) is 0 Å². The molecule has 0 radical (unpaired) electrons. The zero-order valence-electron chi connectivity index (χ0n) is 21.6. The minimum absolute atomic E-state index is 0.240. The number of carbonyl (C=O) groups is 2. The number of nitrogens with zero attached hydrogens (tertiary/aromatic N) is 5. The first-order valence-corrected chi connectivity index (χ1v) is 11.9. The minimum Gasteiger partial charge on any atom is -0.461 e. The maximum Gasteiger partial charge on any atom is 0.408 e. The van der Waals surface area contributed by atoms with Gasteiger partial charge in [0.1, 0.15) is 48.5 Å². The van der Waals surface area contributed by atoms with Crippen molar-refractivity contribution in [1.29, 1.82) is 0 Å². The molecule has 3 unspecified atom stereocenters. The molecule has 202 valence electrons. The average molecular weight is 520 g/mol. The molecule has 2 aliphatic rings. The molecular formula is C23H33N7O7.